The number of para-hydroxylation sites is 1. The van der Waals surface area contributed by atoms with Gasteiger partial charge in [0, 0.05) is 35.3 Å². The fourth-order valence-corrected chi connectivity index (χ4v) is 4.62. The Kier molecular flexibility index (Phi) is 4.29. The molecule has 0 unspecified atom stereocenters. The molecule has 0 bridgehead atoms. The maximum Gasteiger partial charge on any atom is 0.213 e. The molecule has 0 fully saturated rings. The molecule has 0 spiro atoms. The third-order valence-corrected chi connectivity index (χ3v) is 6.08. The minimum absolute atomic E-state index is 0.374. The Morgan fingerprint density at radius 3 is 2.67 bits per heavy atom. The Morgan fingerprint density at radius 2 is 1.90 bits per heavy atom. The third kappa shape index (κ3) is 2.68. The van der Waals surface area contributed by atoms with Crippen molar-refractivity contribution in [2.75, 3.05) is 14.2 Å². The van der Waals surface area contributed by atoms with Crippen molar-refractivity contribution in [3.05, 3.63) is 54.4 Å². The summed E-state index contributed by atoms with van der Waals surface area (Å²) in [5.74, 6) is 1.27. The molecule has 7 nitrogen and oxygen atoms in total. The molecular formula is C22H18N4O3S. The van der Waals surface area contributed by atoms with Crippen LogP contribution in [0.15, 0.2) is 48.7 Å². The summed E-state index contributed by atoms with van der Waals surface area (Å²) in [4.78, 5) is 17.4. The van der Waals surface area contributed by atoms with Gasteiger partial charge in [0.25, 0.3) is 0 Å². The molecule has 8 heteroatoms. The minimum atomic E-state index is 0.374. The lowest BCUT2D eigenvalue weighted by molar-refractivity contribution is 0.111. The average Bonchev–Trinajstić information content (AvgIpc) is 3.44. The maximum absolute atomic E-state index is 12.0. The van der Waals surface area contributed by atoms with E-state index in [1.165, 1.54) is 11.3 Å². The van der Waals surface area contributed by atoms with E-state index in [0.717, 1.165) is 27.8 Å². The van der Waals surface area contributed by atoms with E-state index in [1.54, 1.807) is 30.9 Å². The molecular weight excluding hydrogens is 400 g/mol. The van der Waals surface area contributed by atoms with Gasteiger partial charge in [0.2, 0.25) is 4.96 Å². The summed E-state index contributed by atoms with van der Waals surface area (Å²) in [5.41, 5.74) is 3.71. The van der Waals surface area contributed by atoms with Crippen LogP contribution < -0.4 is 9.47 Å². The van der Waals surface area contributed by atoms with Crippen molar-refractivity contribution >= 4 is 33.5 Å². The second-order valence-electron chi connectivity index (χ2n) is 6.80. The van der Waals surface area contributed by atoms with Crippen LogP contribution in [-0.2, 0) is 7.05 Å². The molecule has 0 radical (unpaired) electrons. The quantitative estimate of drug-likeness (QED) is 0.395. The van der Waals surface area contributed by atoms with E-state index in [0.29, 0.717) is 33.4 Å². The molecule has 150 valence electrons. The molecule has 0 aliphatic carbocycles. The van der Waals surface area contributed by atoms with Crippen molar-refractivity contribution in [2.24, 2.45) is 7.05 Å². The summed E-state index contributed by atoms with van der Waals surface area (Å²) in [6.45, 7) is 0. The summed E-state index contributed by atoms with van der Waals surface area (Å²) >= 11 is 1.44. The fourth-order valence-electron chi connectivity index (χ4n) is 3.69. The molecule has 3 aromatic heterocycles. The monoisotopic (exact) mass is 418 g/mol. The number of ether oxygens (including phenoxy) is 2. The van der Waals surface area contributed by atoms with Gasteiger partial charge in [0.1, 0.15) is 27.9 Å². The number of aldehydes is 1. The Morgan fingerprint density at radius 1 is 1.07 bits per heavy atom. The van der Waals surface area contributed by atoms with Crippen LogP contribution in [0.1, 0.15) is 10.5 Å². The first kappa shape index (κ1) is 18.4. The zero-order valence-electron chi connectivity index (χ0n) is 16.6. The topological polar surface area (TPSA) is 70.7 Å². The summed E-state index contributed by atoms with van der Waals surface area (Å²) in [5, 5.41) is 6.63. The number of methoxy groups -OCH3 is 2. The second kappa shape index (κ2) is 7.00. The molecule has 0 saturated heterocycles. The smallest absolute Gasteiger partial charge is 0.213 e. The van der Waals surface area contributed by atoms with Gasteiger partial charge in [-0.1, -0.05) is 29.5 Å². The van der Waals surface area contributed by atoms with E-state index in [4.69, 9.17) is 19.6 Å². The number of fused-ring (bicyclic) bond motifs is 2. The first-order chi connectivity index (χ1) is 14.6. The van der Waals surface area contributed by atoms with Gasteiger partial charge in [0.05, 0.1) is 14.2 Å². The molecule has 2 aromatic carbocycles. The SMILES string of the molecule is COc1ccc(OC)c(-c2nc3sc(-c4cn(C)c5ccccc45)nn3c2C=O)c1. The van der Waals surface area contributed by atoms with Crippen LogP contribution in [0.25, 0.3) is 37.7 Å². The van der Waals surface area contributed by atoms with E-state index in [1.807, 2.05) is 25.2 Å². The molecule has 3 heterocycles. The summed E-state index contributed by atoms with van der Waals surface area (Å²) in [6.07, 6.45) is 2.83. The van der Waals surface area contributed by atoms with E-state index in [9.17, 15) is 4.79 Å². The summed E-state index contributed by atoms with van der Waals surface area (Å²) < 4.78 is 14.5. The summed E-state index contributed by atoms with van der Waals surface area (Å²) in [6, 6.07) is 13.6. The summed E-state index contributed by atoms with van der Waals surface area (Å²) in [7, 11) is 5.19. The normalized spacial score (nSPS) is 11.3. The van der Waals surface area contributed by atoms with E-state index >= 15 is 0 Å². The number of carbonyl (C=O) groups excluding carboxylic acids is 1. The van der Waals surface area contributed by atoms with Gasteiger partial charge in [-0.3, -0.25) is 4.79 Å². The van der Waals surface area contributed by atoms with Crippen LogP contribution in [0.2, 0.25) is 0 Å². The van der Waals surface area contributed by atoms with Crippen LogP contribution >= 0.6 is 11.3 Å². The van der Waals surface area contributed by atoms with Gasteiger partial charge in [-0.15, -0.1) is 0 Å². The number of carbonyl (C=O) groups is 1. The molecule has 5 rings (SSSR count). The minimum Gasteiger partial charge on any atom is -0.497 e. The Labute approximate surface area is 176 Å². The van der Waals surface area contributed by atoms with Crippen molar-refractivity contribution in [1.82, 2.24) is 19.2 Å². The molecule has 0 N–H and O–H groups in total. The first-order valence-corrected chi connectivity index (χ1v) is 10.1. The van der Waals surface area contributed by atoms with Crippen LogP contribution in [0, 0.1) is 0 Å². The lowest BCUT2D eigenvalue weighted by Crippen LogP contribution is -1.96. The number of rotatable bonds is 5. The Balaban J connectivity index is 1.70. The number of aryl methyl sites for hydroxylation is 1. The number of imidazole rings is 1. The lowest BCUT2D eigenvalue weighted by Gasteiger charge is -2.09. The fraction of sp³-hybridized carbons (Fsp3) is 0.136. The largest absolute Gasteiger partial charge is 0.497 e. The Hall–Kier alpha value is -3.65. The number of hydrogen-bond donors (Lipinski definition) is 0. The highest BCUT2D eigenvalue weighted by Crippen LogP contribution is 2.38. The predicted octanol–water partition coefficient (Wildman–Crippen LogP) is 4.45. The number of benzene rings is 2. The Bertz CT molecular complexity index is 1410. The molecule has 0 saturated carbocycles. The zero-order chi connectivity index (χ0) is 20.8. The average molecular weight is 418 g/mol. The van der Waals surface area contributed by atoms with Crippen molar-refractivity contribution in [3.63, 3.8) is 0 Å². The van der Waals surface area contributed by atoms with Crippen molar-refractivity contribution in [1.29, 1.82) is 0 Å². The predicted molar refractivity (Wildman–Crippen MR) is 117 cm³/mol. The zero-order valence-corrected chi connectivity index (χ0v) is 17.4. The van der Waals surface area contributed by atoms with Gasteiger partial charge >= 0.3 is 0 Å². The maximum atomic E-state index is 12.0. The van der Waals surface area contributed by atoms with Crippen molar-refractivity contribution < 1.29 is 14.3 Å². The molecule has 0 aliphatic rings. The van der Waals surface area contributed by atoms with Crippen molar-refractivity contribution in [2.45, 2.75) is 0 Å². The standard InChI is InChI=1S/C22H18N4O3S/c1-25-11-16(14-6-4-5-7-17(14)25)21-24-26-18(12-27)20(23-22(26)30-21)15-10-13(28-2)8-9-19(15)29-3/h4-12H,1-3H3. The molecule has 30 heavy (non-hydrogen) atoms. The number of aromatic nitrogens is 4. The lowest BCUT2D eigenvalue weighted by atomic mass is 10.1. The highest BCUT2D eigenvalue weighted by molar-refractivity contribution is 7.20. The van der Waals surface area contributed by atoms with Crippen LogP contribution in [-0.4, -0.2) is 39.7 Å². The number of hydrogen-bond acceptors (Lipinski definition) is 6. The van der Waals surface area contributed by atoms with Gasteiger partial charge in [-0.2, -0.15) is 9.61 Å². The number of nitrogens with zero attached hydrogens (tertiary/aromatic N) is 4. The van der Waals surface area contributed by atoms with Gasteiger partial charge in [-0.05, 0) is 24.3 Å². The van der Waals surface area contributed by atoms with Gasteiger partial charge in [-0.25, -0.2) is 4.98 Å². The van der Waals surface area contributed by atoms with Crippen molar-refractivity contribution in [3.8, 4) is 33.3 Å². The van der Waals surface area contributed by atoms with E-state index < -0.39 is 0 Å². The highest BCUT2D eigenvalue weighted by atomic mass is 32.1. The van der Waals surface area contributed by atoms with Gasteiger partial charge in [0.15, 0.2) is 6.29 Å². The van der Waals surface area contributed by atoms with Crippen LogP contribution in [0.5, 0.6) is 11.5 Å². The van der Waals surface area contributed by atoms with Gasteiger partial charge < -0.3 is 14.0 Å². The van der Waals surface area contributed by atoms with E-state index in [2.05, 4.69) is 22.9 Å². The molecule has 0 aliphatic heterocycles. The first-order valence-electron chi connectivity index (χ1n) is 9.26. The third-order valence-electron chi connectivity index (χ3n) is 5.14. The molecule has 0 amide bonds. The van der Waals surface area contributed by atoms with E-state index in [-0.39, 0.29) is 0 Å². The van der Waals surface area contributed by atoms with Crippen LogP contribution in [0.4, 0.5) is 0 Å². The highest BCUT2D eigenvalue weighted by Gasteiger charge is 2.22. The van der Waals surface area contributed by atoms with Crippen LogP contribution in [0.3, 0.4) is 0 Å². The molecule has 0 atom stereocenters. The molecule has 5 aromatic rings. The second-order valence-corrected chi connectivity index (χ2v) is 7.76.